The maximum atomic E-state index is 8.88. The fourth-order valence-electron chi connectivity index (χ4n) is 1.42. The smallest absolute Gasteiger partial charge is 0.422 e. The van der Waals surface area contributed by atoms with Crippen molar-refractivity contribution in [1.82, 2.24) is 9.78 Å². The molecule has 88 valence electrons. The summed E-state index contributed by atoms with van der Waals surface area (Å²) in [4.78, 5) is 0. The summed E-state index contributed by atoms with van der Waals surface area (Å²) in [7, 11) is -1.54. The van der Waals surface area contributed by atoms with Crippen molar-refractivity contribution < 1.29 is 14.8 Å². The van der Waals surface area contributed by atoms with E-state index in [1.807, 2.05) is 30.3 Å². The zero-order valence-electron chi connectivity index (χ0n) is 9.23. The number of nitrogens with zero attached hydrogens (tertiary/aromatic N) is 2. The summed E-state index contributed by atoms with van der Waals surface area (Å²) >= 11 is 0. The summed E-state index contributed by atoms with van der Waals surface area (Å²) in [5, 5.41) is 21.7. The van der Waals surface area contributed by atoms with Crippen LogP contribution in [0.1, 0.15) is 5.56 Å². The van der Waals surface area contributed by atoms with Gasteiger partial charge in [-0.05, 0) is 11.6 Å². The van der Waals surface area contributed by atoms with Gasteiger partial charge in [0.05, 0.1) is 12.2 Å². The van der Waals surface area contributed by atoms with E-state index in [0.29, 0.717) is 6.61 Å². The Morgan fingerprint density at radius 1 is 1.18 bits per heavy atom. The van der Waals surface area contributed by atoms with E-state index in [0.717, 1.165) is 5.56 Å². The quantitative estimate of drug-likeness (QED) is 0.697. The molecule has 0 fully saturated rings. The third kappa shape index (κ3) is 3.42. The third-order valence-electron chi connectivity index (χ3n) is 2.26. The van der Waals surface area contributed by atoms with Crippen LogP contribution < -0.4 is 5.59 Å². The number of rotatable bonds is 5. The molecule has 0 saturated carbocycles. The predicted molar refractivity (Wildman–Crippen MR) is 63.3 cm³/mol. The standard InChI is InChI=1S/C11H13BN2O3/c15-12(16)11-6-7-14(13-11)9-17-8-10-4-2-1-3-5-10/h1-7,15-16H,8-9H2. The van der Waals surface area contributed by atoms with Gasteiger partial charge in [-0.15, -0.1) is 0 Å². The maximum absolute atomic E-state index is 8.88. The minimum atomic E-state index is -1.54. The second-order valence-corrected chi connectivity index (χ2v) is 3.62. The SMILES string of the molecule is OB(O)c1ccn(COCc2ccccc2)n1. The molecule has 0 amide bonds. The van der Waals surface area contributed by atoms with E-state index >= 15 is 0 Å². The lowest BCUT2D eigenvalue weighted by Gasteiger charge is -2.04. The van der Waals surface area contributed by atoms with E-state index < -0.39 is 7.12 Å². The molecule has 1 aromatic heterocycles. The third-order valence-corrected chi connectivity index (χ3v) is 2.26. The largest absolute Gasteiger partial charge is 0.510 e. The highest BCUT2D eigenvalue weighted by Gasteiger charge is 2.13. The molecule has 2 aromatic rings. The van der Waals surface area contributed by atoms with Gasteiger partial charge in [0, 0.05) is 6.20 Å². The molecule has 6 heteroatoms. The van der Waals surface area contributed by atoms with Crippen molar-refractivity contribution in [2.45, 2.75) is 13.3 Å². The molecule has 0 spiro atoms. The van der Waals surface area contributed by atoms with E-state index in [9.17, 15) is 0 Å². The maximum Gasteiger partial charge on any atom is 0.510 e. The summed E-state index contributed by atoms with van der Waals surface area (Å²) in [6.07, 6.45) is 1.64. The van der Waals surface area contributed by atoms with Crippen LogP contribution in [-0.2, 0) is 18.1 Å². The highest BCUT2D eigenvalue weighted by molar-refractivity contribution is 6.57. The van der Waals surface area contributed by atoms with Crippen LogP contribution in [0.25, 0.3) is 0 Å². The van der Waals surface area contributed by atoms with Crippen molar-refractivity contribution in [2.75, 3.05) is 0 Å². The van der Waals surface area contributed by atoms with Crippen molar-refractivity contribution in [3.8, 4) is 0 Å². The molecule has 1 heterocycles. The molecular weight excluding hydrogens is 219 g/mol. The van der Waals surface area contributed by atoms with Crippen molar-refractivity contribution >= 4 is 12.7 Å². The minimum Gasteiger partial charge on any atom is -0.422 e. The van der Waals surface area contributed by atoms with Gasteiger partial charge in [-0.25, -0.2) is 4.68 Å². The molecule has 0 aliphatic rings. The zero-order valence-corrected chi connectivity index (χ0v) is 9.23. The molecule has 0 atom stereocenters. The Kier molecular flexibility index (Phi) is 3.92. The normalized spacial score (nSPS) is 10.5. The average molecular weight is 232 g/mol. The van der Waals surface area contributed by atoms with Crippen LogP contribution in [0.15, 0.2) is 42.6 Å². The molecule has 0 saturated heterocycles. The Hall–Kier alpha value is -1.63. The van der Waals surface area contributed by atoms with Crippen molar-refractivity contribution in [2.24, 2.45) is 0 Å². The van der Waals surface area contributed by atoms with E-state index in [2.05, 4.69) is 5.10 Å². The van der Waals surface area contributed by atoms with E-state index in [4.69, 9.17) is 14.8 Å². The molecule has 0 aliphatic carbocycles. The Bertz CT molecular complexity index is 459. The number of hydrogen-bond donors (Lipinski definition) is 2. The Morgan fingerprint density at radius 2 is 1.94 bits per heavy atom. The summed E-state index contributed by atoms with van der Waals surface area (Å²) < 4.78 is 6.95. The first-order valence-electron chi connectivity index (χ1n) is 5.27. The number of hydrogen-bond acceptors (Lipinski definition) is 4. The molecular formula is C11H13BN2O3. The van der Waals surface area contributed by atoms with Crippen molar-refractivity contribution in [3.05, 3.63) is 48.2 Å². The first-order valence-corrected chi connectivity index (χ1v) is 5.27. The van der Waals surface area contributed by atoms with Gasteiger partial charge < -0.3 is 14.8 Å². The summed E-state index contributed by atoms with van der Waals surface area (Å²) in [5.74, 6) is 0. The van der Waals surface area contributed by atoms with Crippen LogP contribution in [0.3, 0.4) is 0 Å². The van der Waals surface area contributed by atoms with Crippen molar-refractivity contribution in [3.63, 3.8) is 0 Å². The molecule has 2 rings (SSSR count). The van der Waals surface area contributed by atoms with Crippen LogP contribution in [-0.4, -0.2) is 26.9 Å². The number of benzene rings is 1. The average Bonchev–Trinajstić information content (AvgIpc) is 2.79. The number of ether oxygens (including phenoxy) is 1. The summed E-state index contributed by atoms with van der Waals surface area (Å²) in [6, 6.07) is 11.3. The first kappa shape index (κ1) is 11.8. The van der Waals surface area contributed by atoms with Crippen LogP contribution in [0.2, 0.25) is 0 Å². The summed E-state index contributed by atoms with van der Waals surface area (Å²) in [5.41, 5.74) is 1.30. The molecule has 2 N–H and O–H groups in total. The Morgan fingerprint density at radius 3 is 2.59 bits per heavy atom. The van der Waals surface area contributed by atoms with Crippen LogP contribution in [0.4, 0.5) is 0 Å². The predicted octanol–water partition coefficient (Wildman–Crippen LogP) is -0.263. The molecule has 0 bridgehead atoms. The molecule has 0 radical (unpaired) electrons. The van der Waals surface area contributed by atoms with Gasteiger partial charge in [0.2, 0.25) is 0 Å². The van der Waals surface area contributed by atoms with Crippen molar-refractivity contribution in [1.29, 1.82) is 0 Å². The monoisotopic (exact) mass is 232 g/mol. The van der Waals surface area contributed by atoms with Gasteiger partial charge >= 0.3 is 7.12 Å². The van der Waals surface area contributed by atoms with E-state index in [-0.39, 0.29) is 12.3 Å². The minimum absolute atomic E-state index is 0.216. The first-order chi connectivity index (χ1) is 8.25. The lowest BCUT2D eigenvalue weighted by Crippen LogP contribution is -2.31. The fourth-order valence-corrected chi connectivity index (χ4v) is 1.42. The highest BCUT2D eigenvalue weighted by atomic mass is 16.5. The molecule has 17 heavy (non-hydrogen) atoms. The van der Waals surface area contributed by atoms with Crippen LogP contribution in [0, 0.1) is 0 Å². The van der Waals surface area contributed by atoms with E-state index in [1.165, 1.54) is 10.7 Å². The number of aromatic nitrogens is 2. The fraction of sp³-hybridized carbons (Fsp3) is 0.182. The Labute approximate surface area is 99.4 Å². The summed E-state index contributed by atoms with van der Waals surface area (Å²) in [6.45, 7) is 0.777. The van der Waals surface area contributed by atoms with Gasteiger partial charge in [0.1, 0.15) is 6.73 Å². The molecule has 0 aliphatic heterocycles. The molecule has 0 unspecified atom stereocenters. The van der Waals surface area contributed by atoms with Gasteiger partial charge in [-0.3, -0.25) is 0 Å². The van der Waals surface area contributed by atoms with Crippen LogP contribution >= 0.6 is 0 Å². The van der Waals surface area contributed by atoms with Gasteiger partial charge in [-0.2, -0.15) is 5.10 Å². The van der Waals surface area contributed by atoms with Gasteiger partial charge in [0.25, 0.3) is 0 Å². The van der Waals surface area contributed by atoms with Gasteiger partial charge in [0.15, 0.2) is 0 Å². The Balaban J connectivity index is 1.82. The van der Waals surface area contributed by atoms with Gasteiger partial charge in [-0.1, -0.05) is 30.3 Å². The van der Waals surface area contributed by atoms with Crippen LogP contribution in [0.5, 0.6) is 0 Å². The molecule has 1 aromatic carbocycles. The second kappa shape index (κ2) is 5.63. The topological polar surface area (TPSA) is 67.5 Å². The lowest BCUT2D eigenvalue weighted by atomic mass is 9.87. The lowest BCUT2D eigenvalue weighted by molar-refractivity contribution is 0.0563. The highest BCUT2D eigenvalue weighted by Crippen LogP contribution is 2.00. The second-order valence-electron chi connectivity index (χ2n) is 3.62. The van der Waals surface area contributed by atoms with E-state index in [1.54, 1.807) is 6.20 Å². The molecule has 5 nitrogen and oxygen atoms in total. The zero-order chi connectivity index (χ0) is 12.1.